The van der Waals surface area contributed by atoms with Gasteiger partial charge in [-0.1, -0.05) is 18.2 Å². The molecule has 0 saturated heterocycles. The fourth-order valence-corrected chi connectivity index (χ4v) is 4.01. The van der Waals surface area contributed by atoms with Crippen molar-refractivity contribution in [3.8, 4) is 5.75 Å². The van der Waals surface area contributed by atoms with Gasteiger partial charge in [-0.3, -0.25) is 0 Å². The molecule has 2 heterocycles. The van der Waals surface area contributed by atoms with Gasteiger partial charge in [0.2, 0.25) is 0 Å². The lowest BCUT2D eigenvalue weighted by Crippen LogP contribution is -2.39. The Morgan fingerprint density at radius 3 is 3.05 bits per heavy atom. The summed E-state index contributed by atoms with van der Waals surface area (Å²) < 4.78 is 6.96. The third-order valence-corrected chi connectivity index (χ3v) is 5.29. The molecule has 1 aliphatic rings. The molecule has 0 bridgehead atoms. The Morgan fingerprint density at radius 1 is 1.42 bits per heavy atom. The molecular formula is C15H16BrNOS. The molecule has 0 amide bonds. The van der Waals surface area contributed by atoms with Crippen molar-refractivity contribution >= 4 is 27.3 Å². The second-order valence-electron chi connectivity index (χ2n) is 4.98. The summed E-state index contributed by atoms with van der Waals surface area (Å²) >= 11 is 5.24. The molecule has 3 rings (SSSR count). The summed E-state index contributed by atoms with van der Waals surface area (Å²) in [6.45, 7) is 0.727. The van der Waals surface area contributed by atoms with Crippen LogP contribution in [0.25, 0.3) is 0 Å². The molecule has 2 N–H and O–H groups in total. The minimum absolute atomic E-state index is 0.152. The molecule has 1 aliphatic heterocycles. The maximum Gasteiger partial charge on any atom is 0.122 e. The molecule has 4 heteroatoms. The van der Waals surface area contributed by atoms with Crippen LogP contribution in [0.2, 0.25) is 0 Å². The number of para-hydroxylation sites is 1. The number of halogens is 1. The Balaban J connectivity index is 1.67. The second-order valence-corrected chi connectivity index (χ2v) is 6.89. The van der Waals surface area contributed by atoms with Gasteiger partial charge in [-0.05, 0) is 46.5 Å². The van der Waals surface area contributed by atoms with Crippen LogP contribution < -0.4 is 10.5 Å². The van der Waals surface area contributed by atoms with Crippen LogP contribution >= 0.6 is 27.3 Å². The van der Waals surface area contributed by atoms with Gasteiger partial charge in [0.05, 0.1) is 6.61 Å². The first-order chi connectivity index (χ1) is 9.22. The molecule has 1 aromatic carbocycles. The van der Waals surface area contributed by atoms with Crippen molar-refractivity contribution in [1.29, 1.82) is 0 Å². The van der Waals surface area contributed by atoms with E-state index in [0.717, 1.165) is 29.7 Å². The van der Waals surface area contributed by atoms with Gasteiger partial charge in [-0.25, -0.2) is 0 Å². The standard InChI is InChI=1S/C15H16BrNOS/c16-12-6-13(19-9-12)7-14(17)11-5-10-3-1-2-4-15(10)18-8-11/h1-4,6,9,11,14H,5,7-8,17H2. The Kier molecular flexibility index (Phi) is 3.91. The van der Waals surface area contributed by atoms with Crippen LogP contribution in [0.5, 0.6) is 5.75 Å². The topological polar surface area (TPSA) is 35.2 Å². The zero-order chi connectivity index (χ0) is 13.2. The molecule has 0 spiro atoms. The van der Waals surface area contributed by atoms with Crippen molar-refractivity contribution in [2.75, 3.05) is 6.61 Å². The van der Waals surface area contributed by atoms with Gasteiger partial charge in [-0.2, -0.15) is 0 Å². The number of hydrogen-bond donors (Lipinski definition) is 1. The fraction of sp³-hybridized carbons (Fsp3) is 0.333. The maximum atomic E-state index is 6.36. The highest BCUT2D eigenvalue weighted by Crippen LogP contribution is 2.29. The lowest BCUT2D eigenvalue weighted by atomic mass is 9.89. The highest BCUT2D eigenvalue weighted by molar-refractivity contribution is 9.10. The highest BCUT2D eigenvalue weighted by Gasteiger charge is 2.25. The third-order valence-electron chi connectivity index (χ3n) is 3.57. The van der Waals surface area contributed by atoms with E-state index in [1.807, 2.05) is 12.1 Å². The third kappa shape index (κ3) is 3.02. The summed E-state index contributed by atoms with van der Waals surface area (Å²) in [6, 6.07) is 10.6. The normalized spacial score (nSPS) is 19.6. The number of fused-ring (bicyclic) bond motifs is 1. The quantitative estimate of drug-likeness (QED) is 0.928. The number of benzene rings is 1. The van der Waals surface area contributed by atoms with E-state index < -0.39 is 0 Å². The molecule has 2 unspecified atom stereocenters. The Labute approximate surface area is 125 Å². The molecule has 2 atom stereocenters. The van der Waals surface area contributed by atoms with E-state index in [9.17, 15) is 0 Å². The predicted octanol–water partition coefficient (Wildman–Crippen LogP) is 3.63. The van der Waals surface area contributed by atoms with Crippen LogP contribution in [-0.2, 0) is 12.8 Å². The molecule has 100 valence electrons. The first kappa shape index (κ1) is 13.2. The lowest BCUT2D eigenvalue weighted by molar-refractivity contribution is 0.199. The van der Waals surface area contributed by atoms with Crippen LogP contribution in [0.3, 0.4) is 0 Å². The molecule has 2 aromatic rings. The van der Waals surface area contributed by atoms with E-state index in [4.69, 9.17) is 10.5 Å². The van der Waals surface area contributed by atoms with E-state index in [1.54, 1.807) is 11.3 Å². The first-order valence-corrected chi connectivity index (χ1v) is 8.09. The molecule has 0 radical (unpaired) electrons. The summed E-state index contributed by atoms with van der Waals surface area (Å²) in [5.41, 5.74) is 7.64. The van der Waals surface area contributed by atoms with Gasteiger partial charge in [0.15, 0.2) is 0 Å². The van der Waals surface area contributed by atoms with Crippen molar-refractivity contribution in [2.45, 2.75) is 18.9 Å². The second kappa shape index (κ2) is 5.65. The van der Waals surface area contributed by atoms with Crippen molar-refractivity contribution in [2.24, 2.45) is 11.7 Å². The molecule has 0 aliphatic carbocycles. The summed E-state index contributed by atoms with van der Waals surface area (Å²) in [6.07, 6.45) is 1.94. The van der Waals surface area contributed by atoms with Crippen LogP contribution in [0.4, 0.5) is 0 Å². The Hall–Kier alpha value is -0.840. The highest BCUT2D eigenvalue weighted by atomic mass is 79.9. The summed E-state index contributed by atoms with van der Waals surface area (Å²) in [5.74, 6) is 1.42. The van der Waals surface area contributed by atoms with Crippen molar-refractivity contribution in [3.63, 3.8) is 0 Å². The molecule has 2 nitrogen and oxygen atoms in total. The van der Waals surface area contributed by atoms with E-state index in [0.29, 0.717) is 5.92 Å². The number of ether oxygens (including phenoxy) is 1. The van der Waals surface area contributed by atoms with E-state index in [1.165, 1.54) is 10.4 Å². The minimum Gasteiger partial charge on any atom is -0.493 e. The van der Waals surface area contributed by atoms with Gasteiger partial charge in [0, 0.05) is 26.7 Å². The number of nitrogens with two attached hydrogens (primary N) is 1. The van der Waals surface area contributed by atoms with E-state index >= 15 is 0 Å². The zero-order valence-corrected chi connectivity index (χ0v) is 12.9. The van der Waals surface area contributed by atoms with Gasteiger partial charge in [0.1, 0.15) is 5.75 Å². The SMILES string of the molecule is NC(Cc1cc(Br)cs1)C1COc2ccccc2C1. The lowest BCUT2D eigenvalue weighted by Gasteiger charge is -2.29. The molecule has 0 fully saturated rings. The summed E-state index contributed by atoms with van der Waals surface area (Å²) in [4.78, 5) is 1.33. The average molecular weight is 338 g/mol. The van der Waals surface area contributed by atoms with Crippen LogP contribution in [0, 0.1) is 5.92 Å². The van der Waals surface area contributed by atoms with Gasteiger partial charge >= 0.3 is 0 Å². The summed E-state index contributed by atoms with van der Waals surface area (Å²) in [7, 11) is 0. The molecule has 0 saturated carbocycles. The van der Waals surface area contributed by atoms with Gasteiger partial charge in [-0.15, -0.1) is 11.3 Å². The Bertz CT molecular complexity index is 569. The molecule has 1 aromatic heterocycles. The number of rotatable bonds is 3. The predicted molar refractivity (Wildman–Crippen MR) is 82.8 cm³/mol. The molecular weight excluding hydrogens is 322 g/mol. The fourth-order valence-electron chi connectivity index (χ4n) is 2.49. The smallest absolute Gasteiger partial charge is 0.122 e. The van der Waals surface area contributed by atoms with Gasteiger partial charge in [0.25, 0.3) is 0 Å². The van der Waals surface area contributed by atoms with E-state index in [-0.39, 0.29) is 6.04 Å². The van der Waals surface area contributed by atoms with Crippen molar-refractivity contribution in [1.82, 2.24) is 0 Å². The van der Waals surface area contributed by atoms with Crippen molar-refractivity contribution in [3.05, 3.63) is 50.6 Å². The van der Waals surface area contributed by atoms with Gasteiger partial charge < -0.3 is 10.5 Å². The van der Waals surface area contributed by atoms with Crippen molar-refractivity contribution < 1.29 is 4.74 Å². The first-order valence-electron chi connectivity index (χ1n) is 6.41. The summed E-state index contributed by atoms with van der Waals surface area (Å²) in [5, 5.41) is 2.11. The maximum absolute atomic E-state index is 6.36. The van der Waals surface area contributed by atoms with Crippen LogP contribution in [0.15, 0.2) is 40.2 Å². The zero-order valence-electron chi connectivity index (χ0n) is 10.5. The van der Waals surface area contributed by atoms with Crippen LogP contribution in [0.1, 0.15) is 10.4 Å². The number of thiophene rings is 1. The Morgan fingerprint density at radius 2 is 2.26 bits per heavy atom. The van der Waals surface area contributed by atoms with Crippen LogP contribution in [-0.4, -0.2) is 12.6 Å². The largest absolute Gasteiger partial charge is 0.493 e. The minimum atomic E-state index is 0.152. The monoisotopic (exact) mass is 337 g/mol. The molecule has 19 heavy (non-hydrogen) atoms. The average Bonchev–Trinajstić information content (AvgIpc) is 2.83. The number of hydrogen-bond acceptors (Lipinski definition) is 3. The van der Waals surface area contributed by atoms with E-state index in [2.05, 4.69) is 39.5 Å².